The van der Waals surface area contributed by atoms with Crippen LogP contribution in [0.4, 0.5) is 0 Å². The van der Waals surface area contributed by atoms with Gasteiger partial charge in [-0.3, -0.25) is 9.69 Å². The fourth-order valence-electron chi connectivity index (χ4n) is 2.15. The summed E-state index contributed by atoms with van der Waals surface area (Å²) in [7, 11) is 0. The van der Waals surface area contributed by atoms with Gasteiger partial charge in [0.25, 0.3) is 0 Å². The van der Waals surface area contributed by atoms with E-state index in [2.05, 4.69) is 17.1 Å². The molecule has 0 aromatic carbocycles. The predicted octanol–water partition coefficient (Wildman–Crippen LogP) is 2.21. The summed E-state index contributed by atoms with van der Waals surface area (Å²) in [6, 6.07) is -0.811. The lowest BCUT2D eigenvalue weighted by molar-refractivity contribution is -0.144. The summed E-state index contributed by atoms with van der Waals surface area (Å²) in [5.41, 5.74) is -0.697. The second-order valence-corrected chi connectivity index (χ2v) is 6.62. The van der Waals surface area contributed by atoms with Crippen LogP contribution in [0.3, 0.4) is 0 Å². The Kier molecular flexibility index (Phi) is 9.70. The average Bonchev–Trinajstić information content (AvgIpc) is 2.43. The van der Waals surface area contributed by atoms with Gasteiger partial charge in [-0.1, -0.05) is 20.3 Å². The number of amides is 1. The lowest BCUT2D eigenvalue weighted by Gasteiger charge is -2.37. The maximum absolute atomic E-state index is 12.5. The van der Waals surface area contributed by atoms with Crippen molar-refractivity contribution in [1.82, 2.24) is 10.2 Å². The topological polar surface area (TPSA) is 69.6 Å². The van der Waals surface area contributed by atoms with Gasteiger partial charge in [0.05, 0.1) is 5.54 Å². The lowest BCUT2D eigenvalue weighted by atomic mass is 10.00. The number of hydrogen-bond donors (Lipinski definition) is 2. The van der Waals surface area contributed by atoms with Gasteiger partial charge in [0.2, 0.25) is 5.91 Å². The number of likely N-dealkylation sites (N-methyl/N-ethyl adjacent to an activating group) is 1. The molecule has 0 aromatic heterocycles. The third-order valence-corrected chi connectivity index (χ3v) is 4.37. The first kappa shape index (κ1) is 20.2. The Morgan fingerprint density at radius 3 is 2.38 bits per heavy atom. The Morgan fingerprint density at radius 2 is 1.95 bits per heavy atom. The van der Waals surface area contributed by atoms with Crippen molar-refractivity contribution in [3.63, 3.8) is 0 Å². The first-order valence-electron chi connectivity index (χ1n) is 7.58. The molecule has 21 heavy (non-hydrogen) atoms. The molecule has 1 unspecified atom stereocenters. The Balaban J connectivity index is 4.79. The van der Waals surface area contributed by atoms with Crippen molar-refractivity contribution in [1.29, 1.82) is 0 Å². The normalized spacial score (nSPS) is 13.2. The molecule has 2 N–H and O–H groups in total. The zero-order valence-electron chi connectivity index (χ0n) is 13.9. The third kappa shape index (κ3) is 6.70. The average molecular weight is 318 g/mol. The van der Waals surface area contributed by atoms with Crippen LogP contribution in [0, 0.1) is 0 Å². The van der Waals surface area contributed by atoms with Crippen molar-refractivity contribution in [2.45, 2.75) is 58.5 Å². The molecule has 1 amide bonds. The highest BCUT2D eigenvalue weighted by Crippen LogP contribution is 2.16. The number of carboxylic acids is 1. The third-order valence-electron chi connectivity index (χ3n) is 3.72. The Hall–Kier alpha value is -0.750. The Bertz CT molecular complexity index is 335. The zero-order valence-corrected chi connectivity index (χ0v) is 14.8. The number of nitrogens with one attached hydrogen (secondary N) is 1. The Labute approximate surface area is 132 Å². The monoisotopic (exact) mass is 318 g/mol. The van der Waals surface area contributed by atoms with Crippen molar-refractivity contribution in [3.8, 4) is 0 Å². The molecule has 0 saturated heterocycles. The van der Waals surface area contributed by atoms with Crippen LogP contribution in [0.5, 0.6) is 0 Å². The molecule has 0 aliphatic heterocycles. The highest BCUT2D eigenvalue weighted by molar-refractivity contribution is 7.98. The molecule has 0 aliphatic carbocycles. The van der Waals surface area contributed by atoms with E-state index in [0.717, 1.165) is 25.9 Å². The summed E-state index contributed by atoms with van der Waals surface area (Å²) in [6.45, 7) is 9.46. The van der Waals surface area contributed by atoms with Gasteiger partial charge in [0.15, 0.2) is 0 Å². The highest BCUT2D eigenvalue weighted by Gasteiger charge is 2.35. The molecule has 0 fully saturated rings. The SMILES string of the molecule is CCCCN(CC)C(C)(C)C(=O)NC(CCSC)C(=O)O. The summed E-state index contributed by atoms with van der Waals surface area (Å²) in [6.07, 6.45) is 4.46. The van der Waals surface area contributed by atoms with E-state index in [0.29, 0.717) is 12.2 Å². The van der Waals surface area contributed by atoms with Crippen LogP contribution in [0.25, 0.3) is 0 Å². The van der Waals surface area contributed by atoms with Gasteiger partial charge in [-0.05, 0) is 51.8 Å². The van der Waals surface area contributed by atoms with Gasteiger partial charge in [0, 0.05) is 0 Å². The number of nitrogens with zero attached hydrogens (tertiary/aromatic N) is 1. The first-order chi connectivity index (χ1) is 9.81. The fraction of sp³-hybridized carbons (Fsp3) is 0.867. The van der Waals surface area contributed by atoms with Gasteiger partial charge in [0.1, 0.15) is 6.04 Å². The number of carbonyl (C=O) groups excluding carboxylic acids is 1. The minimum atomic E-state index is -0.968. The molecule has 5 nitrogen and oxygen atoms in total. The summed E-state index contributed by atoms with van der Waals surface area (Å²) in [5, 5.41) is 11.9. The lowest BCUT2D eigenvalue weighted by Crippen LogP contribution is -2.58. The van der Waals surface area contributed by atoms with Crippen molar-refractivity contribution < 1.29 is 14.7 Å². The second-order valence-electron chi connectivity index (χ2n) is 5.64. The standard InChI is InChI=1S/C15H30N2O3S/c1-6-8-10-17(7-2)15(3,4)14(20)16-12(13(18)19)9-11-21-5/h12H,6-11H2,1-5H3,(H,16,20)(H,18,19). The molecule has 0 saturated carbocycles. The minimum Gasteiger partial charge on any atom is -0.480 e. The van der Waals surface area contributed by atoms with Gasteiger partial charge in [-0.15, -0.1) is 0 Å². The quantitative estimate of drug-likeness (QED) is 0.611. The zero-order chi connectivity index (χ0) is 16.5. The number of hydrogen-bond acceptors (Lipinski definition) is 4. The van der Waals surface area contributed by atoms with Crippen LogP contribution in [-0.4, -0.2) is 58.6 Å². The molecule has 0 spiro atoms. The molecular weight excluding hydrogens is 288 g/mol. The first-order valence-corrected chi connectivity index (χ1v) is 8.98. The number of carboxylic acid groups (broad SMARTS) is 1. The van der Waals surface area contributed by atoms with E-state index < -0.39 is 17.6 Å². The molecular formula is C15H30N2O3S. The molecule has 0 bridgehead atoms. The summed E-state index contributed by atoms with van der Waals surface area (Å²) >= 11 is 1.58. The van der Waals surface area contributed by atoms with Crippen LogP contribution < -0.4 is 5.32 Å². The highest BCUT2D eigenvalue weighted by atomic mass is 32.2. The molecule has 0 aromatic rings. The Morgan fingerprint density at radius 1 is 1.33 bits per heavy atom. The van der Waals surface area contributed by atoms with E-state index in [1.807, 2.05) is 27.0 Å². The van der Waals surface area contributed by atoms with Gasteiger partial charge in [-0.2, -0.15) is 11.8 Å². The van der Waals surface area contributed by atoms with Gasteiger partial charge < -0.3 is 10.4 Å². The largest absolute Gasteiger partial charge is 0.480 e. The second kappa shape index (κ2) is 10.1. The molecule has 1 atom stereocenters. The van der Waals surface area contributed by atoms with Crippen LogP contribution in [-0.2, 0) is 9.59 Å². The molecule has 6 heteroatoms. The van der Waals surface area contributed by atoms with Crippen LogP contribution >= 0.6 is 11.8 Å². The molecule has 0 aliphatic rings. The smallest absolute Gasteiger partial charge is 0.326 e. The van der Waals surface area contributed by atoms with Crippen molar-refractivity contribution in [2.24, 2.45) is 0 Å². The fourth-order valence-corrected chi connectivity index (χ4v) is 2.62. The van der Waals surface area contributed by atoms with E-state index in [1.54, 1.807) is 11.8 Å². The summed E-state index contributed by atoms with van der Waals surface area (Å²) < 4.78 is 0. The molecule has 124 valence electrons. The summed E-state index contributed by atoms with van der Waals surface area (Å²) in [4.78, 5) is 25.8. The van der Waals surface area contributed by atoms with Gasteiger partial charge >= 0.3 is 5.97 Å². The molecule has 0 radical (unpaired) electrons. The van der Waals surface area contributed by atoms with Crippen LogP contribution in [0.15, 0.2) is 0 Å². The van der Waals surface area contributed by atoms with Crippen molar-refractivity contribution in [2.75, 3.05) is 25.1 Å². The molecule has 0 heterocycles. The predicted molar refractivity (Wildman–Crippen MR) is 88.8 cm³/mol. The van der Waals surface area contributed by atoms with Crippen LogP contribution in [0.2, 0.25) is 0 Å². The summed E-state index contributed by atoms with van der Waals surface area (Å²) in [5.74, 6) is -0.468. The van der Waals surface area contributed by atoms with Crippen molar-refractivity contribution in [3.05, 3.63) is 0 Å². The molecule has 0 rings (SSSR count). The maximum Gasteiger partial charge on any atom is 0.326 e. The maximum atomic E-state index is 12.5. The number of thioether (sulfide) groups is 1. The van der Waals surface area contributed by atoms with E-state index in [4.69, 9.17) is 0 Å². The number of rotatable bonds is 11. The van der Waals surface area contributed by atoms with E-state index in [9.17, 15) is 14.7 Å². The minimum absolute atomic E-state index is 0.214. The van der Waals surface area contributed by atoms with E-state index >= 15 is 0 Å². The van der Waals surface area contributed by atoms with Crippen LogP contribution in [0.1, 0.15) is 47.0 Å². The van der Waals surface area contributed by atoms with E-state index in [-0.39, 0.29) is 5.91 Å². The number of carbonyl (C=O) groups is 2. The van der Waals surface area contributed by atoms with Crippen molar-refractivity contribution >= 4 is 23.6 Å². The number of aliphatic carboxylic acids is 1. The number of unbranched alkanes of at least 4 members (excludes halogenated alkanes) is 1. The van der Waals surface area contributed by atoms with E-state index in [1.165, 1.54) is 0 Å². The van der Waals surface area contributed by atoms with Gasteiger partial charge in [-0.25, -0.2) is 4.79 Å².